The smallest absolute Gasteiger partial charge is 0.410 e. The van der Waals surface area contributed by atoms with Gasteiger partial charge in [-0.3, -0.25) is 57.7 Å². The molecule has 3 fully saturated rings. The van der Waals surface area contributed by atoms with Crippen LogP contribution in [0.3, 0.4) is 0 Å². The number of rotatable bonds is 42. The Kier molecular flexibility index (Phi) is 36.6. The van der Waals surface area contributed by atoms with Crippen molar-refractivity contribution in [2.24, 2.45) is 29.6 Å². The summed E-state index contributed by atoms with van der Waals surface area (Å²) in [5.74, 6) is -4.67. The van der Waals surface area contributed by atoms with E-state index in [2.05, 4.69) is 71.9 Å². The first kappa shape index (κ1) is 89.3. The minimum atomic E-state index is -1.45. The summed E-state index contributed by atoms with van der Waals surface area (Å²) >= 11 is 3.83. The maximum atomic E-state index is 14.9. The number of methoxy groups -OCH3 is 2. The van der Waals surface area contributed by atoms with Crippen LogP contribution in [-0.2, 0) is 68.8 Å². The van der Waals surface area contributed by atoms with Crippen molar-refractivity contribution in [3.8, 4) is 0 Å². The fourth-order valence-electron chi connectivity index (χ4n) is 14.4. The normalized spacial score (nSPS) is 20.1. The molecule has 16 atom stereocenters. The van der Waals surface area contributed by atoms with Crippen LogP contribution in [0.15, 0.2) is 54.6 Å². The molecule has 0 radical (unpaired) electrons. The number of amides is 11. The average molecular weight is 1620 g/mol. The largest absolute Gasteiger partial charge is 0.445 e. The molecule has 105 heavy (non-hydrogen) atoms. The lowest BCUT2D eigenvalue weighted by Crippen LogP contribution is -2.60. The number of thioether (sulfide) groups is 1. The Hall–Kier alpha value is -6.30. The van der Waals surface area contributed by atoms with Crippen LogP contribution >= 0.6 is 43.2 Å². The van der Waals surface area contributed by atoms with Gasteiger partial charge in [-0.25, -0.2) is 4.79 Å². The number of nitrogens with one attached hydrogen (secondary N) is 5. The number of likely N-dealkylation sites (N-methyl/N-ethyl adjacent to an activating group) is 2. The summed E-state index contributed by atoms with van der Waals surface area (Å²) in [6, 6.07) is 8.22. The van der Waals surface area contributed by atoms with Crippen molar-refractivity contribution in [2.45, 2.75) is 247 Å². The van der Waals surface area contributed by atoms with Crippen LogP contribution < -0.4 is 26.6 Å². The van der Waals surface area contributed by atoms with Crippen molar-refractivity contribution >= 4 is 120 Å². The van der Waals surface area contributed by atoms with E-state index in [0.717, 1.165) is 37.0 Å². The lowest BCUT2D eigenvalue weighted by atomic mass is 9.89. The van der Waals surface area contributed by atoms with Gasteiger partial charge in [0.05, 0.1) is 63.4 Å². The summed E-state index contributed by atoms with van der Waals surface area (Å²) in [5.41, 5.74) is 1.58. The maximum absolute atomic E-state index is 14.9. The number of benzene rings is 2. The molecule has 586 valence electrons. The van der Waals surface area contributed by atoms with E-state index in [1.54, 1.807) is 75.7 Å². The van der Waals surface area contributed by atoms with Gasteiger partial charge in [0, 0.05) is 66.5 Å². The predicted molar refractivity (Wildman–Crippen MR) is 416 cm³/mol. The van der Waals surface area contributed by atoms with Crippen molar-refractivity contribution in [3.05, 3.63) is 65.7 Å². The molecule has 0 saturated carbocycles. The lowest BCUT2D eigenvalue weighted by Gasteiger charge is -2.41. The van der Waals surface area contributed by atoms with Crippen molar-refractivity contribution < 1.29 is 77.2 Å². The van der Waals surface area contributed by atoms with E-state index >= 15 is 0 Å². The van der Waals surface area contributed by atoms with Gasteiger partial charge >= 0.3 is 6.09 Å². The van der Waals surface area contributed by atoms with Gasteiger partial charge in [-0.1, -0.05) is 159 Å². The van der Waals surface area contributed by atoms with Crippen LogP contribution in [-0.4, -0.2) is 229 Å². The minimum Gasteiger partial charge on any atom is -0.445 e. The SMILES string of the molecule is CCCC(C=P)C[C@@H](NC(=O)[C@H](C)[C@@H](OC)[C@@H]1CCCN1C(=O)C[C@@H](OC)[C@H]([C@@H](C)CC)N(C)C(=O)[C@@H](NC(=O)[C@H](C(C)C)N(C)C(=O)OCc1ccc(NC(=O)[C@@H]2CCCN2C(=O)[C@H](CO)NC(=O)[C@H](C)NC(=O)CCN2C(=O)CC(SC(I)(CC)CCC)C2=O)cc1)C(C)C)[C@@H](O)c1ccccc1. The number of hydrogen-bond acceptors (Lipinski definition) is 17. The van der Waals surface area contributed by atoms with Gasteiger partial charge in [0.25, 0.3) is 0 Å². The highest BCUT2D eigenvalue weighted by Gasteiger charge is 2.47. The number of carbonyl (C=O) groups is 11. The van der Waals surface area contributed by atoms with E-state index in [9.17, 15) is 63.0 Å². The Morgan fingerprint density at radius 3 is 2.04 bits per heavy atom. The highest BCUT2D eigenvalue weighted by molar-refractivity contribution is 14.1. The monoisotopic (exact) mass is 1620 g/mol. The zero-order chi connectivity index (χ0) is 78.2. The Morgan fingerprint density at radius 1 is 0.800 bits per heavy atom. The topological polar surface area (TPSA) is 332 Å². The minimum absolute atomic E-state index is 0.0469. The van der Waals surface area contributed by atoms with Crippen LogP contribution in [0.1, 0.15) is 183 Å². The summed E-state index contributed by atoms with van der Waals surface area (Å²) in [7, 11) is 9.69. The van der Waals surface area contributed by atoms with Crippen LogP contribution in [0.4, 0.5) is 10.5 Å². The fourth-order valence-corrected chi connectivity index (χ4v) is 17.6. The van der Waals surface area contributed by atoms with Gasteiger partial charge in [-0.05, 0) is 105 Å². The molecule has 2 aromatic carbocycles. The molecule has 26 nitrogen and oxygen atoms in total. The fraction of sp³-hybridized carbons (Fsp3) is 0.684. The predicted octanol–water partition coefficient (Wildman–Crippen LogP) is 7.81. The lowest BCUT2D eigenvalue weighted by molar-refractivity contribution is -0.148. The molecule has 3 aliphatic rings. The molecule has 5 rings (SSSR count). The second-order valence-corrected chi connectivity index (χ2v) is 33.7. The first-order valence-electron chi connectivity index (χ1n) is 37.3. The van der Waals surface area contributed by atoms with E-state index in [-0.39, 0.29) is 77.2 Å². The third kappa shape index (κ3) is 24.6. The summed E-state index contributed by atoms with van der Waals surface area (Å²) in [6.07, 6.45) is 3.90. The van der Waals surface area contributed by atoms with Crippen LogP contribution in [0.2, 0.25) is 0 Å². The van der Waals surface area contributed by atoms with E-state index < -0.39 is 138 Å². The van der Waals surface area contributed by atoms with Crippen LogP contribution in [0, 0.1) is 29.6 Å². The van der Waals surface area contributed by atoms with Crippen molar-refractivity contribution in [2.75, 3.05) is 59.9 Å². The summed E-state index contributed by atoms with van der Waals surface area (Å²) < 4.78 is 17.8. The number of anilines is 1. The number of aliphatic hydroxyl groups is 2. The second-order valence-electron chi connectivity index (χ2n) is 28.9. The number of halogens is 1. The molecule has 3 aliphatic heterocycles. The molecule has 11 amide bonds. The number of ether oxygens (including phenoxy) is 3. The highest BCUT2D eigenvalue weighted by Crippen LogP contribution is 2.46. The zero-order valence-corrected chi connectivity index (χ0v) is 68.1. The number of imide groups is 1. The van der Waals surface area contributed by atoms with Gasteiger partial charge in [0.2, 0.25) is 59.1 Å². The number of hydrogen-bond donors (Lipinski definition) is 7. The first-order valence-corrected chi connectivity index (χ1v) is 39.8. The van der Waals surface area contributed by atoms with E-state index in [1.807, 2.05) is 56.9 Å². The Balaban J connectivity index is 1.15. The highest BCUT2D eigenvalue weighted by atomic mass is 127. The van der Waals surface area contributed by atoms with Gasteiger partial charge in [-0.2, -0.15) is 0 Å². The Morgan fingerprint density at radius 2 is 1.46 bits per heavy atom. The van der Waals surface area contributed by atoms with Crippen LogP contribution in [0.5, 0.6) is 0 Å². The van der Waals surface area contributed by atoms with E-state index in [0.29, 0.717) is 61.9 Å². The molecule has 7 N–H and O–H groups in total. The molecule has 2 aromatic rings. The Labute approximate surface area is 641 Å². The number of likely N-dealkylation sites (tertiary alicyclic amines) is 3. The van der Waals surface area contributed by atoms with Gasteiger partial charge < -0.3 is 65.7 Å². The molecule has 3 heterocycles. The molecule has 0 spiro atoms. The maximum Gasteiger partial charge on any atom is 0.410 e. The molecule has 0 aliphatic carbocycles. The number of nitrogens with zero attached hydrogens (tertiary/aromatic N) is 5. The quantitative estimate of drug-likeness (QED) is 0.0144. The second kappa shape index (κ2) is 43.0. The molecule has 29 heteroatoms. The Bertz CT molecular complexity index is 3250. The van der Waals surface area contributed by atoms with Crippen molar-refractivity contribution in [1.82, 2.24) is 45.8 Å². The molecule has 0 aromatic heterocycles. The van der Waals surface area contributed by atoms with Gasteiger partial charge in [-0.15, -0.1) is 20.6 Å². The molecule has 0 bridgehead atoms. The average Bonchev–Trinajstić information content (AvgIpc) is 1.81. The standard InChI is InChI=1S/C76H118IN10O16PS/c1-16-25-51(44-104)39-54(66(92)52-26-21-20-22-27-52)80-68(93)48(10)67(102-15)56-28-23-36-85(56)61(90)40-58(101-14)65(47(9)18-3)83(12)74(99)63(45(5)6)82-71(96)64(46(7)8)84(13)75(100)103-43-50-30-32-53(33-31-50)79-70(95)57-29-24-37-86(57)72(97)55(42-88)81-69(94)49(11)78-60(89)34-38-87-62(91)41-59(73(87)98)105-76(77,19-4)35-17-2/h20-22,26-27,30-33,44-49,51,54-59,63-67,88,92,104H,16-19,23-25,28-29,34-43H2,1-15H3,(H,78,89)(H,79,95)(H,80,93)(H,81,94)(H,82,96)/t47-,48+,49-,51?,54+,55-,56-,57-,58+,59?,63-,64-,65-,66-,67+,76?/m0/s1. The number of aliphatic hydroxyl groups excluding tert-OH is 2. The first-order chi connectivity index (χ1) is 49.8. The van der Waals surface area contributed by atoms with Gasteiger partial charge in [0.1, 0.15) is 36.8 Å². The van der Waals surface area contributed by atoms with Crippen molar-refractivity contribution in [3.63, 3.8) is 0 Å². The number of carbonyl (C=O) groups excluding carboxylic acids is 11. The molecular weight excluding hydrogens is 1500 g/mol. The summed E-state index contributed by atoms with van der Waals surface area (Å²) in [6.45, 7) is 19.9. The third-order valence-corrected chi connectivity index (χ3v) is 24.8. The van der Waals surface area contributed by atoms with E-state index in [1.165, 1.54) is 49.8 Å². The van der Waals surface area contributed by atoms with Crippen LogP contribution in [0.25, 0.3) is 0 Å². The third-order valence-electron chi connectivity index (χ3n) is 20.7. The van der Waals surface area contributed by atoms with Crippen molar-refractivity contribution in [1.29, 1.82) is 0 Å². The molecule has 3 saturated heterocycles. The van der Waals surface area contributed by atoms with E-state index in [4.69, 9.17) is 14.2 Å². The molecule has 3 unspecified atom stereocenters. The summed E-state index contributed by atoms with van der Waals surface area (Å²) in [4.78, 5) is 159. The van der Waals surface area contributed by atoms with Gasteiger partial charge in [0.15, 0.2) is 0 Å². The number of alkyl halides is 1. The molecular formula is C76H118IN10O16PS. The zero-order valence-electron chi connectivity index (χ0n) is 64.2. The summed E-state index contributed by atoms with van der Waals surface area (Å²) in [5, 5.41) is 35.3.